The lowest BCUT2D eigenvalue weighted by Crippen LogP contribution is -2.20. The van der Waals surface area contributed by atoms with E-state index >= 15 is 0 Å². The summed E-state index contributed by atoms with van der Waals surface area (Å²) in [5.74, 6) is 3.18. The number of thioether (sulfide) groups is 1. The van der Waals surface area contributed by atoms with Crippen LogP contribution < -0.4 is 5.32 Å². The van der Waals surface area contributed by atoms with Crippen molar-refractivity contribution in [3.05, 3.63) is 0 Å². The molecule has 0 saturated heterocycles. The monoisotopic (exact) mass is 181 g/mol. The Morgan fingerprint density at radius 2 is 2.10 bits per heavy atom. The molecule has 4 heteroatoms. The molecule has 0 unspecified atom stereocenters. The summed E-state index contributed by atoms with van der Waals surface area (Å²) in [4.78, 5) is 0. The molecule has 0 fully saturated rings. The first-order chi connectivity index (χ1) is 4.91. The number of nitrogens with one attached hydrogen (secondary N) is 1. The lowest BCUT2D eigenvalue weighted by atomic mass is 10.6. The Hall–Kier alpha value is 0.620. The number of hydrogen-bond acceptors (Lipinski definition) is 4. The highest BCUT2D eigenvalue weighted by Gasteiger charge is 1.86. The molecule has 0 aromatic rings. The van der Waals surface area contributed by atoms with Crippen LogP contribution in [-0.2, 0) is 0 Å². The molecule has 0 spiro atoms. The summed E-state index contributed by atoms with van der Waals surface area (Å²) < 4.78 is 0. The number of hydrogen-bond donors (Lipinski definition) is 3. The molecule has 0 rings (SSSR count). The lowest BCUT2D eigenvalue weighted by Gasteiger charge is -2.00. The van der Waals surface area contributed by atoms with E-state index in [4.69, 9.17) is 5.11 Å². The minimum atomic E-state index is 0.233. The Bertz CT molecular complexity index is 55.7. The molecule has 0 atom stereocenters. The normalized spacial score (nSPS) is 10.2. The van der Waals surface area contributed by atoms with Gasteiger partial charge in [0.25, 0.3) is 0 Å². The minimum absolute atomic E-state index is 0.233. The molecular formula is C6H15NOS2. The maximum Gasteiger partial charge on any atom is 0.0555 e. The summed E-state index contributed by atoms with van der Waals surface area (Å²) in [6.07, 6.45) is 0. The molecular weight excluding hydrogens is 166 g/mol. The average molecular weight is 181 g/mol. The fourth-order valence-corrected chi connectivity index (χ4v) is 1.52. The van der Waals surface area contributed by atoms with Gasteiger partial charge in [-0.1, -0.05) is 0 Å². The topological polar surface area (TPSA) is 32.3 Å². The fraction of sp³-hybridized carbons (Fsp3) is 1.00. The van der Waals surface area contributed by atoms with Gasteiger partial charge in [-0.25, -0.2) is 0 Å². The van der Waals surface area contributed by atoms with Crippen LogP contribution in [0.1, 0.15) is 0 Å². The quantitative estimate of drug-likeness (QED) is 0.388. The highest BCUT2D eigenvalue weighted by molar-refractivity contribution is 8.00. The van der Waals surface area contributed by atoms with Crippen molar-refractivity contribution in [3.8, 4) is 0 Å². The zero-order chi connectivity index (χ0) is 7.66. The van der Waals surface area contributed by atoms with E-state index in [2.05, 4.69) is 17.9 Å². The van der Waals surface area contributed by atoms with E-state index in [1.165, 1.54) is 0 Å². The second-order valence-electron chi connectivity index (χ2n) is 1.81. The highest BCUT2D eigenvalue weighted by Crippen LogP contribution is 1.97. The van der Waals surface area contributed by atoms with Crippen molar-refractivity contribution in [2.45, 2.75) is 0 Å². The van der Waals surface area contributed by atoms with Gasteiger partial charge in [0.15, 0.2) is 0 Å². The maximum atomic E-state index is 8.39. The second kappa shape index (κ2) is 9.62. The molecule has 0 aromatic carbocycles. The summed E-state index contributed by atoms with van der Waals surface area (Å²) >= 11 is 5.97. The van der Waals surface area contributed by atoms with Gasteiger partial charge in [-0.2, -0.15) is 24.4 Å². The molecule has 0 saturated carbocycles. The van der Waals surface area contributed by atoms with Crippen molar-refractivity contribution in [1.29, 1.82) is 0 Å². The SMILES string of the molecule is OCCNCCSCCS. The molecule has 0 heterocycles. The average Bonchev–Trinajstić information content (AvgIpc) is 1.97. The van der Waals surface area contributed by atoms with E-state index in [0.29, 0.717) is 6.54 Å². The predicted octanol–water partition coefficient (Wildman–Crippen LogP) is 0.231. The van der Waals surface area contributed by atoms with E-state index < -0.39 is 0 Å². The molecule has 0 aromatic heterocycles. The third-order valence-corrected chi connectivity index (χ3v) is 2.46. The number of aliphatic hydroxyl groups excluding tert-OH is 1. The van der Waals surface area contributed by atoms with Crippen molar-refractivity contribution in [2.24, 2.45) is 0 Å². The molecule has 0 aliphatic heterocycles. The van der Waals surface area contributed by atoms with E-state index in [9.17, 15) is 0 Å². The smallest absolute Gasteiger partial charge is 0.0555 e. The van der Waals surface area contributed by atoms with Crippen LogP contribution in [-0.4, -0.2) is 42.1 Å². The van der Waals surface area contributed by atoms with Crippen molar-refractivity contribution >= 4 is 24.4 Å². The summed E-state index contributed by atoms with van der Waals surface area (Å²) in [5, 5.41) is 11.5. The molecule has 2 N–H and O–H groups in total. The third kappa shape index (κ3) is 8.62. The number of thiol groups is 1. The summed E-state index contributed by atoms with van der Waals surface area (Å²) in [6.45, 7) is 1.93. The molecule has 0 bridgehead atoms. The van der Waals surface area contributed by atoms with E-state index in [1.807, 2.05) is 11.8 Å². The molecule has 0 aliphatic rings. The van der Waals surface area contributed by atoms with Gasteiger partial charge < -0.3 is 10.4 Å². The van der Waals surface area contributed by atoms with Gasteiger partial charge in [0.2, 0.25) is 0 Å². The van der Waals surface area contributed by atoms with Crippen LogP contribution in [0.5, 0.6) is 0 Å². The fourth-order valence-electron chi connectivity index (χ4n) is 0.515. The zero-order valence-electron chi connectivity index (χ0n) is 6.05. The van der Waals surface area contributed by atoms with E-state index in [-0.39, 0.29) is 6.61 Å². The summed E-state index contributed by atoms with van der Waals surface area (Å²) in [5.41, 5.74) is 0. The Kier molecular flexibility index (Phi) is 10.2. The molecule has 0 radical (unpaired) electrons. The Morgan fingerprint density at radius 1 is 1.30 bits per heavy atom. The Morgan fingerprint density at radius 3 is 2.70 bits per heavy atom. The summed E-state index contributed by atoms with van der Waals surface area (Å²) in [6, 6.07) is 0. The maximum absolute atomic E-state index is 8.39. The van der Waals surface area contributed by atoms with Gasteiger partial charge in [0, 0.05) is 24.6 Å². The first-order valence-electron chi connectivity index (χ1n) is 3.42. The second-order valence-corrected chi connectivity index (χ2v) is 3.48. The third-order valence-electron chi connectivity index (χ3n) is 0.947. The van der Waals surface area contributed by atoms with Crippen molar-refractivity contribution in [2.75, 3.05) is 37.0 Å². The Balaban J connectivity index is 2.65. The van der Waals surface area contributed by atoms with E-state index in [0.717, 1.165) is 23.8 Å². The van der Waals surface area contributed by atoms with Crippen molar-refractivity contribution in [1.82, 2.24) is 5.32 Å². The zero-order valence-corrected chi connectivity index (χ0v) is 7.76. The van der Waals surface area contributed by atoms with Crippen LogP contribution in [0, 0.1) is 0 Å². The first-order valence-corrected chi connectivity index (χ1v) is 5.20. The largest absolute Gasteiger partial charge is 0.395 e. The first kappa shape index (κ1) is 10.6. The Labute approximate surface area is 72.2 Å². The van der Waals surface area contributed by atoms with E-state index in [1.54, 1.807) is 0 Å². The van der Waals surface area contributed by atoms with Crippen molar-refractivity contribution < 1.29 is 5.11 Å². The van der Waals surface area contributed by atoms with Gasteiger partial charge in [-0.15, -0.1) is 0 Å². The highest BCUT2D eigenvalue weighted by atomic mass is 32.2. The molecule has 0 aliphatic carbocycles. The predicted molar refractivity (Wildman–Crippen MR) is 51.1 cm³/mol. The minimum Gasteiger partial charge on any atom is -0.395 e. The van der Waals surface area contributed by atoms with Gasteiger partial charge >= 0.3 is 0 Å². The number of rotatable bonds is 7. The van der Waals surface area contributed by atoms with Crippen molar-refractivity contribution in [3.63, 3.8) is 0 Å². The lowest BCUT2D eigenvalue weighted by molar-refractivity contribution is 0.294. The van der Waals surface area contributed by atoms with Gasteiger partial charge in [0.05, 0.1) is 6.61 Å². The summed E-state index contributed by atoms with van der Waals surface area (Å²) in [7, 11) is 0. The van der Waals surface area contributed by atoms with Crippen LogP contribution >= 0.6 is 24.4 Å². The van der Waals surface area contributed by atoms with Crippen LogP contribution in [0.2, 0.25) is 0 Å². The van der Waals surface area contributed by atoms with Gasteiger partial charge in [-0.3, -0.25) is 0 Å². The standard InChI is InChI=1S/C6H15NOS2/c8-3-1-7-2-5-10-6-4-9/h7-9H,1-6H2. The van der Waals surface area contributed by atoms with Gasteiger partial charge in [-0.05, 0) is 5.75 Å². The number of aliphatic hydroxyl groups is 1. The van der Waals surface area contributed by atoms with Crippen LogP contribution in [0.15, 0.2) is 0 Å². The van der Waals surface area contributed by atoms with Crippen LogP contribution in [0.25, 0.3) is 0 Å². The molecule has 62 valence electrons. The molecule has 10 heavy (non-hydrogen) atoms. The van der Waals surface area contributed by atoms with Gasteiger partial charge in [0.1, 0.15) is 0 Å². The van der Waals surface area contributed by atoms with Crippen LogP contribution in [0.4, 0.5) is 0 Å². The van der Waals surface area contributed by atoms with Crippen LogP contribution in [0.3, 0.4) is 0 Å². The molecule has 2 nitrogen and oxygen atoms in total. The molecule has 0 amide bonds.